The Balaban J connectivity index is 1.96. The fourth-order valence-corrected chi connectivity index (χ4v) is 3.26. The molecule has 2 rings (SSSR count). The number of hydrogen-bond donors (Lipinski definition) is 1. The molecule has 0 saturated heterocycles. The normalized spacial score (nSPS) is 10.5. The number of carboxylic acid groups (broad SMARTS) is 1. The molecule has 0 bridgehead atoms. The van der Waals surface area contributed by atoms with Crippen LogP contribution in [0.3, 0.4) is 0 Å². The Morgan fingerprint density at radius 1 is 1.40 bits per heavy atom. The van der Waals surface area contributed by atoms with Crippen LogP contribution in [0, 0.1) is 0 Å². The van der Waals surface area contributed by atoms with Crippen molar-refractivity contribution < 1.29 is 9.90 Å². The Hall–Kier alpha value is -1.12. The monoisotopic (exact) mass is 373 g/mol. The highest BCUT2D eigenvalue weighted by molar-refractivity contribution is 9.10. The maximum Gasteiger partial charge on any atom is 0.313 e. The topological polar surface area (TPSA) is 66.3 Å². The molecule has 1 aromatic heterocycles. The number of carboxylic acids is 1. The van der Waals surface area contributed by atoms with Gasteiger partial charge in [0.2, 0.25) is 5.13 Å². The van der Waals surface area contributed by atoms with E-state index in [9.17, 15) is 4.79 Å². The Labute approximate surface area is 133 Å². The van der Waals surface area contributed by atoms with Crippen molar-refractivity contribution in [3.05, 3.63) is 34.3 Å². The molecule has 106 valence electrons. The van der Waals surface area contributed by atoms with Crippen molar-refractivity contribution in [2.75, 3.05) is 17.7 Å². The van der Waals surface area contributed by atoms with Crippen molar-refractivity contribution in [1.82, 2.24) is 10.2 Å². The summed E-state index contributed by atoms with van der Waals surface area (Å²) in [5.74, 6) is -0.847. The number of benzene rings is 1. The van der Waals surface area contributed by atoms with Crippen molar-refractivity contribution in [2.45, 2.75) is 10.9 Å². The Morgan fingerprint density at radius 2 is 2.10 bits per heavy atom. The summed E-state index contributed by atoms with van der Waals surface area (Å²) in [6.45, 7) is 0.728. The Bertz CT molecular complexity index is 589. The van der Waals surface area contributed by atoms with Crippen molar-refractivity contribution >= 4 is 50.1 Å². The Kier molecular flexibility index (Phi) is 5.38. The number of aliphatic carboxylic acids is 1. The van der Waals surface area contributed by atoms with Gasteiger partial charge in [-0.25, -0.2) is 0 Å². The van der Waals surface area contributed by atoms with E-state index in [2.05, 4.69) is 26.1 Å². The maximum atomic E-state index is 10.5. The zero-order valence-electron chi connectivity index (χ0n) is 10.6. The van der Waals surface area contributed by atoms with E-state index in [-0.39, 0.29) is 5.75 Å². The molecule has 20 heavy (non-hydrogen) atoms. The summed E-state index contributed by atoms with van der Waals surface area (Å²) in [5, 5.41) is 17.5. The molecule has 8 heteroatoms. The number of aromatic nitrogens is 2. The van der Waals surface area contributed by atoms with Crippen LogP contribution >= 0.6 is 39.0 Å². The molecule has 1 N–H and O–H groups in total. The van der Waals surface area contributed by atoms with E-state index >= 15 is 0 Å². The summed E-state index contributed by atoms with van der Waals surface area (Å²) < 4.78 is 1.72. The highest BCUT2D eigenvalue weighted by Gasteiger charge is 2.11. The van der Waals surface area contributed by atoms with E-state index in [1.807, 2.05) is 36.2 Å². The molecular formula is C12H12BrN3O2S2. The van der Waals surface area contributed by atoms with Crippen LogP contribution in [0.15, 0.2) is 33.1 Å². The molecule has 1 aromatic carbocycles. The molecule has 0 fully saturated rings. The van der Waals surface area contributed by atoms with Gasteiger partial charge in [-0.1, -0.05) is 51.2 Å². The lowest BCUT2D eigenvalue weighted by molar-refractivity contribution is -0.133. The number of nitrogens with zero attached hydrogens (tertiary/aromatic N) is 3. The molecule has 0 unspecified atom stereocenters. The minimum Gasteiger partial charge on any atom is -0.481 e. The second-order valence-electron chi connectivity index (χ2n) is 4.02. The molecule has 0 aliphatic rings. The average Bonchev–Trinajstić information content (AvgIpc) is 2.88. The summed E-state index contributed by atoms with van der Waals surface area (Å²) >= 11 is 5.99. The summed E-state index contributed by atoms with van der Waals surface area (Å²) in [5.41, 5.74) is 1.17. The fourth-order valence-electron chi connectivity index (χ4n) is 1.47. The Morgan fingerprint density at radius 3 is 2.75 bits per heavy atom. The molecule has 0 saturated carbocycles. The van der Waals surface area contributed by atoms with Crippen molar-refractivity contribution in [1.29, 1.82) is 0 Å². The quantitative estimate of drug-likeness (QED) is 0.784. The summed E-state index contributed by atoms with van der Waals surface area (Å²) in [6.07, 6.45) is 0. The van der Waals surface area contributed by atoms with Gasteiger partial charge in [-0.05, 0) is 17.7 Å². The number of rotatable bonds is 6. The van der Waals surface area contributed by atoms with Crippen LogP contribution < -0.4 is 4.90 Å². The number of thioether (sulfide) groups is 1. The molecule has 0 radical (unpaired) electrons. The lowest BCUT2D eigenvalue weighted by Crippen LogP contribution is -2.15. The second-order valence-corrected chi connectivity index (χ2v) is 7.11. The fraction of sp³-hybridized carbons (Fsp3) is 0.250. The van der Waals surface area contributed by atoms with Gasteiger partial charge in [0, 0.05) is 18.1 Å². The SMILES string of the molecule is CN(Cc1ccc(Br)cc1)c1nnc(SCC(=O)O)s1. The smallest absolute Gasteiger partial charge is 0.313 e. The standard InChI is InChI=1S/C12H12BrN3O2S2/c1-16(6-8-2-4-9(13)5-3-8)11-14-15-12(20-11)19-7-10(17)18/h2-5H,6-7H2,1H3,(H,17,18). The van der Waals surface area contributed by atoms with Crippen LogP contribution in [0.2, 0.25) is 0 Å². The van der Waals surface area contributed by atoms with Crippen LogP contribution in [0.4, 0.5) is 5.13 Å². The zero-order valence-corrected chi connectivity index (χ0v) is 13.8. The maximum absolute atomic E-state index is 10.5. The van der Waals surface area contributed by atoms with E-state index in [0.29, 0.717) is 4.34 Å². The minimum absolute atomic E-state index is 0.00502. The average molecular weight is 374 g/mol. The molecule has 2 aromatic rings. The van der Waals surface area contributed by atoms with Crippen molar-refractivity contribution in [2.24, 2.45) is 0 Å². The van der Waals surface area contributed by atoms with Gasteiger partial charge in [-0.2, -0.15) is 0 Å². The molecule has 0 atom stereocenters. The van der Waals surface area contributed by atoms with Gasteiger partial charge >= 0.3 is 5.97 Å². The third kappa shape index (κ3) is 4.46. The van der Waals surface area contributed by atoms with Gasteiger partial charge in [-0.15, -0.1) is 10.2 Å². The van der Waals surface area contributed by atoms with Gasteiger partial charge in [0.15, 0.2) is 4.34 Å². The molecule has 1 heterocycles. The second kappa shape index (κ2) is 7.05. The minimum atomic E-state index is -0.852. The number of carbonyl (C=O) groups is 1. The van der Waals surface area contributed by atoms with Gasteiger partial charge < -0.3 is 10.0 Å². The lowest BCUT2D eigenvalue weighted by Gasteiger charge is -2.14. The molecular weight excluding hydrogens is 362 g/mol. The van der Waals surface area contributed by atoms with E-state index in [1.54, 1.807) is 0 Å². The largest absolute Gasteiger partial charge is 0.481 e. The first-order valence-electron chi connectivity index (χ1n) is 5.68. The third-order valence-corrected chi connectivity index (χ3v) is 5.06. The molecule has 0 amide bonds. The van der Waals surface area contributed by atoms with E-state index in [0.717, 1.165) is 16.1 Å². The molecule has 0 aliphatic carbocycles. The first-order chi connectivity index (χ1) is 9.54. The highest BCUT2D eigenvalue weighted by atomic mass is 79.9. The highest BCUT2D eigenvalue weighted by Crippen LogP contribution is 2.28. The van der Waals surface area contributed by atoms with Gasteiger partial charge in [-0.3, -0.25) is 4.79 Å². The predicted octanol–water partition coefficient (Wildman–Crippen LogP) is 3.11. The van der Waals surface area contributed by atoms with E-state index in [4.69, 9.17) is 5.11 Å². The van der Waals surface area contributed by atoms with Crippen LogP contribution in [0.5, 0.6) is 0 Å². The number of halogens is 1. The summed E-state index contributed by atoms with van der Waals surface area (Å²) in [7, 11) is 1.94. The van der Waals surface area contributed by atoms with Crippen LogP contribution in [-0.2, 0) is 11.3 Å². The van der Waals surface area contributed by atoms with Crippen LogP contribution in [0.1, 0.15) is 5.56 Å². The van der Waals surface area contributed by atoms with E-state index < -0.39 is 5.97 Å². The molecule has 0 aliphatic heterocycles. The van der Waals surface area contributed by atoms with Crippen molar-refractivity contribution in [3.8, 4) is 0 Å². The summed E-state index contributed by atoms with van der Waals surface area (Å²) in [6, 6.07) is 8.08. The number of hydrogen-bond acceptors (Lipinski definition) is 6. The van der Waals surface area contributed by atoms with Crippen LogP contribution in [0.25, 0.3) is 0 Å². The third-order valence-electron chi connectivity index (χ3n) is 2.37. The van der Waals surface area contributed by atoms with Gasteiger partial charge in [0.1, 0.15) is 0 Å². The first-order valence-corrected chi connectivity index (χ1v) is 8.28. The van der Waals surface area contributed by atoms with Crippen LogP contribution in [-0.4, -0.2) is 34.1 Å². The zero-order chi connectivity index (χ0) is 14.5. The molecule has 5 nitrogen and oxygen atoms in total. The lowest BCUT2D eigenvalue weighted by atomic mass is 10.2. The van der Waals surface area contributed by atoms with E-state index in [1.165, 1.54) is 28.7 Å². The predicted molar refractivity (Wildman–Crippen MR) is 84.5 cm³/mol. The van der Waals surface area contributed by atoms with Crippen molar-refractivity contribution in [3.63, 3.8) is 0 Å². The summed E-state index contributed by atoms with van der Waals surface area (Å²) in [4.78, 5) is 12.5. The van der Waals surface area contributed by atoms with Gasteiger partial charge in [0.25, 0.3) is 0 Å². The van der Waals surface area contributed by atoms with Gasteiger partial charge in [0.05, 0.1) is 5.75 Å². The number of anilines is 1. The first kappa shape index (κ1) is 15.3. The molecule has 0 spiro atoms.